The van der Waals surface area contributed by atoms with Crippen LogP contribution in [-0.4, -0.2) is 29.5 Å². The zero-order valence-electron chi connectivity index (χ0n) is 9.33. The number of alkyl halides is 1. The number of hydrogen-bond donors (Lipinski definition) is 1. The first-order valence-corrected chi connectivity index (χ1v) is 5.53. The number of rotatable bonds is 3. The Labute approximate surface area is 89.6 Å². The summed E-state index contributed by atoms with van der Waals surface area (Å²) in [6.07, 6.45) is 0.298. The summed E-state index contributed by atoms with van der Waals surface area (Å²) in [6.45, 7) is 3.86. The normalized spacial score (nSPS) is 33.5. The van der Waals surface area contributed by atoms with Crippen molar-refractivity contribution < 1.29 is 19.0 Å². The Balaban J connectivity index is 2.57. The number of carbonyl (C=O) groups is 1. The summed E-state index contributed by atoms with van der Waals surface area (Å²) in [5.41, 5.74) is -1.78. The predicted octanol–water partition coefficient (Wildman–Crippen LogP) is 1.83. The Kier molecular flexibility index (Phi) is 4.08. The van der Waals surface area contributed by atoms with Gasteiger partial charge < -0.3 is 9.84 Å². The SMILES string of the molecule is CCOC(=O)C(O)C1(F)CCC(C)CC1. The van der Waals surface area contributed by atoms with Gasteiger partial charge in [-0.15, -0.1) is 0 Å². The van der Waals surface area contributed by atoms with E-state index in [1.165, 1.54) is 0 Å². The molecule has 1 atom stereocenters. The molecular formula is C11H19FO3. The van der Waals surface area contributed by atoms with Crippen molar-refractivity contribution in [3.05, 3.63) is 0 Å². The van der Waals surface area contributed by atoms with E-state index in [9.17, 15) is 14.3 Å². The zero-order chi connectivity index (χ0) is 11.5. The molecule has 0 aromatic heterocycles. The minimum absolute atomic E-state index is 0.169. The molecule has 1 unspecified atom stereocenters. The third kappa shape index (κ3) is 2.91. The highest BCUT2D eigenvalue weighted by molar-refractivity contribution is 5.76. The largest absolute Gasteiger partial charge is 0.464 e. The third-order valence-corrected chi connectivity index (χ3v) is 3.11. The van der Waals surface area contributed by atoms with Crippen LogP contribution in [0.4, 0.5) is 4.39 Å². The standard InChI is InChI=1S/C11H19FO3/c1-3-15-10(14)9(13)11(12)6-4-8(2)5-7-11/h8-9,13H,3-7H2,1-2H3. The second kappa shape index (κ2) is 4.92. The minimum Gasteiger partial charge on any atom is -0.464 e. The van der Waals surface area contributed by atoms with E-state index in [4.69, 9.17) is 0 Å². The highest BCUT2D eigenvalue weighted by atomic mass is 19.1. The van der Waals surface area contributed by atoms with Crippen LogP contribution in [0.15, 0.2) is 0 Å². The van der Waals surface area contributed by atoms with Crippen molar-refractivity contribution in [1.29, 1.82) is 0 Å². The number of carbonyl (C=O) groups excluding carboxylic acids is 1. The monoisotopic (exact) mass is 218 g/mol. The lowest BCUT2D eigenvalue weighted by molar-refractivity contribution is -0.165. The van der Waals surface area contributed by atoms with Gasteiger partial charge in [-0.25, -0.2) is 9.18 Å². The quantitative estimate of drug-likeness (QED) is 0.735. The maximum Gasteiger partial charge on any atom is 0.338 e. The van der Waals surface area contributed by atoms with Crippen molar-refractivity contribution in [2.45, 2.75) is 51.3 Å². The van der Waals surface area contributed by atoms with Crippen LogP contribution >= 0.6 is 0 Å². The van der Waals surface area contributed by atoms with E-state index >= 15 is 0 Å². The Morgan fingerprint density at radius 3 is 2.60 bits per heavy atom. The molecule has 15 heavy (non-hydrogen) atoms. The lowest BCUT2D eigenvalue weighted by atomic mass is 9.78. The molecular weight excluding hydrogens is 199 g/mol. The van der Waals surface area contributed by atoms with E-state index in [2.05, 4.69) is 11.7 Å². The molecule has 0 amide bonds. The third-order valence-electron chi connectivity index (χ3n) is 3.11. The van der Waals surface area contributed by atoms with Crippen molar-refractivity contribution >= 4 is 5.97 Å². The smallest absolute Gasteiger partial charge is 0.338 e. The van der Waals surface area contributed by atoms with Crippen LogP contribution in [0.1, 0.15) is 39.5 Å². The summed E-state index contributed by atoms with van der Waals surface area (Å²) in [7, 11) is 0. The molecule has 3 nitrogen and oxygen atoms in total. The second-order valence-corrected chi connectivity index (χ2v) is 4.37. The predicted molar refractivity (Wildman–Crippen MR) is 54.1 cm³/mol. The van der Waals surface area contributed by atoms with E-state index in [1.54, 1.807) is 6.92 Å². The molecule has 0 bridgehead atoms. The van der Waals surface area contributed by atoms with E-state index < -0.39 is 17.7 Å². The van der Waals surface area contributed by atoms with Crippen LogP contribution in [0.3, 0.4) is 0 Å². The van der Waals surface area contributed by atoms with Gasteiger partial charge in [-0.3, -0.25) is 0 Å². The van der Waals surface area contributed by atoms with Crippen molar-refractivity contribution in [3.63, 3.8) is 0 Å². The number of aliphatic hydroxyl groups is 1. The second-order valence-electron chi connectivity index (χ2n) is 4.37. The number of esters is 1. The van der Waals surface area contributed by atoms with Gasteiger partial charge in [0.25, 0.3) is 0 Å². The Bertz CT molecular complexity index is 222. The molecule has 1 saturated carbocycles. The number of hydrogen-bond acceptors (Lipinski definition) is 3. The Morgan fingerprint density at radius 1 is 1.60 bits per heavy atom. The molecule has 1 aliphatic carbocycles. The van der Waals surface area contributed by atoms with Gasteiger partial charge in [-0.05, 0) is 38.5 Å². The van der Waals surface area contributed by atoms with Crippen molar-refractivity contribution in [2.75, 3.05) is 6.61 Å². The maximum absolute atomic E-state index is 14.2. The fourth-order valence-corrected chi connectivity index (χ4v) is 1.95. The van der Waals surface area contributed by atoms with Gasteiger partial charge in [0.1, 0.15) is 5.67 Å². The van der Waals surface area contributed by atoms with Gasteiger partial charge in [0, 0.05) is 0 Å². The van der Waals surface area contributed by atoms with Crippen LogP contribution in [0.25, 0.3) is 0 Å². The number of halogens is 1. The zero-order valence-corrected chi connectivity index (χ0v) is 9.33. The molecule has 1 N–H and O–H groups in total. The Morgan fingerprint density at radius 2 is 2.13 bits per heavy atom. The summed E-state index contributed by atoms with van der Waals surface area (Å²) in [5.74, 6) is -0.363. The van der Waals surface area contributed by atoms with Crippen LogP contribution in [-0.2, 0) is 9.53 Å². The van der Waals surface area contributed by atoms with Gasteiger partial charge in [0.15, 0.2) is 6.10 Å². The summed E-state index contributed by atoms with van der Waals surface area (Å²) in [5, 5.41) is 9.57. The molecule has 88 valence electrons. The summed E-state index contributed by atoms with van der Waals surface area (Å²) in [6, 6.07) is 0. The lowest BCUT2D eigenvalue weighted by Gasteiger charge is -2.34. The fourth-order valence-electron chi connectivity index (χ4n) is 1.95. The number of ether oxygens (including phenoxy) is 1. The van der Waals surface area contributed by atoms with Crippen LogP contribution < -0.4 is 0 Å². The van der Waals surface area contributed by atoms with E-state index in [1.807, 2.05) is 0 Å². The Hall–Kier alpha value is -0.640. The van der Waals surface area contributed by atoms with Crippen LogP contribution in [0, 0.1) is 5.92 Å². The van der Waals surface area contributed by atoms with Crippen LogP contribution in [0.2, 0.25) is 0 Å². The summed E-state index contributed by atoms with van der Waals surface area (Å²) < 4.78 is 18.8. The van der Waals surface area contributed by atoms with Gasteiger partial charge in [-0.1, -0.05) is 6.92 Å². The van der Waals surface area contributed by atoms with Crippen molar-refractivity contribution in [1.82, 2.24) is 0 Å². The molecule has 0 heterocycles. The van der Waals surface area contributed by atoms with E-state index in [0.29, 0.717) is 18.8 Å². The van der Waals surface area contributed by atoms with Gasteiger partial charge >= 0.3 is 5.97 Å². The van der Waals surface area contributed by atoms with Gasteiger partial charge in [0.2, 0.25) is 0 Å². The highest BCUT2D eigenvalue weighted by Gasteiger charge is 2.45. The van der Waals surface area contributed by atoms with E-state index in [0.717, 1.165) is 0 Å². The van der Waals surface area contributed by atoms with Gasteiger partial charge in [0.05, 0.1) is 6.61 Å². The highest BCUT2D eigenvalue weighted by Crippen LogP contribution is 2.37. The minimum atomic E-state index is -1.78. The molecule has 0 spiro atoms. The first kappa shape index (κ1) is 12.4. The fraction of sp³-hybridized carbons (Fsp3) is 0.909. The molecule has 0 aliphatic heterocycles. The summed E-state index contributed by atoms with van der Waals surface area (Å²) in [4.78, 5) is 11.2. The molecule has 0 saturated heterocycles. The number of aliphatic hydroxyl groups excluding tert-OH is 1. The molecule has 0 aromatic rings. The molecule has 1 rings (SSSR count). The molecule has 0 radical (unpaired) electrons. The molecule has 4 heteroatoms. The van der Waals surface area contributed by atoms with Crippen molar-refractivity contribution in [2.24, 2.45) is 5.92 Å². The maximum atomic E-state index is 14.2. The first-order valence-electron chi connectivity index (χ1n) is 5.53. The van der Waals surface area contributed by atoms with Crippen molar-refractivity contribution in [3.8, 4) is 0 Å². The average molecular weight is 218 g/mol. The topological polar surface area (TPSA) is 46.5 Å². The average Bonchev–Trinajstić information content (AvgIpc) is 2.22. The molecule has 1 aliphatic rings. The van der Waals surface area contributed by atoms with Gasteiger partial charge in [-0.2, -0.15) is 0 Å². The van der Waals surface area contributed by atoms with Crippen LogP contribution in [0.5, 0.6) is 0 Å². The lowest BCUT2D eigenvalue weighted by Crippen LogP contribution is -2.46. The molecule has 0 aromatic carbocycles. The van der Waals surface area contributed by atoms with E-state index in [-0.39, 0.29) is 19.4 Å². The summed E-state index contributed by atoms with van der Waals surface area (Å²) >= 11 is 0. The molecule has 1 fully saturated rings. The first-order chi connectivity index (χ1) is 6.99.